The number of aliphatic hydroxyl groups is 1. The number of hydrogen-bond donors (Lipinski definition) is 2. The first-order valence-corrected chi connectivity index (χ1v) is 15.2. The number of aliphatic hydroxyl groups excluding tert-OH is 1. The van der Waals surface area contributed by atoms with E-state index in [0.717, 1.165) is 10.0 Å². The number of hydrogen-bond acceptors (Lipinski definition) is 6. The Balaban J connectivity index is 1.60. The van der Waals surface area contributed by atoms with Gasteiger partial charge in [0.25, 0.3) is 5.91 Å². The summed E-state index contributed by atoms with van der Waals surface area (Å²) < 4.78 is 27.7. The summed E-state index contributed by atoms with van der Waals surface area (Å²) in [6, 6.07) is 28.3. The third-order valence-electron chi connectivity index (χ3n) is 7.46. The van der Waals surface area contributed by atoms with E-state index in [1.165, 1.54) is 6.07 Å². The minimum atomic E-state index is -1.52. The van der Waals surface area contributed by atoms with Crippen molar-refractivity contribution in [2.75, 3.05) is 13.2 Å². The van der Waals surface area contributed by atoms with Gasteiger partial charge >= 0.3 is 0 Å². The Bertz CT molecular complexity index is 1710. The van der Waals surface area contributed by atoms with Crippen LogP contribution in [0.5, 0.6) is 5.75 Å². The van der Waals surface area contributed by atoms with E-state index >= 15 is 0 Å². The molecule has 9 nitrogen and oxygen atoms in total. The average molecular weight is 673 g/mol. The molecule has 1 heterocycles. The lowest BCUT2D eigenvalue weighted by Crippen LogP contribution is -2.50. The maximum Gasteiger partial charge on any atom is 0.252 e. The van der Waals surface area contributed by atoms with Crippen LogP contribution in [0.15, 0.2) is 112 Å². The Hall–Kier alpha value is -4.70. The summed E-state index contributed by atoms with van der Waals surface area (Å²) in [5, 5.41) is 15.8. The number of ether oxygens (including phenoxy) is 2. The number of benzene rings is 4. The SMILES string of the molecule is [N-]=[N+]=NCc1ccccc1[C@H]1OC(c2ccc(OCCCO)cc2)=N[C@@]1(Cc1ccc(Br)cc1)C(=O)NCc1ccccc1F. The fraction of sp³-hybridized carbons (Fsp3) is 0.235. The number of azide groups is 1. The van der Waals surface area contributed by atoms with Crippen LogP contribution in [0.2, 0.25) is 0 Å². The third kappa shape index (κ3) is 7.51. The van der Waals surface area contributed by atoms with E-state index in [1.54, 1.807) is 42.5 Å². The first kappa shape index (κ1) is 31.7. The van der Waals surface area contributed by atoms with Crippen molar-refractivity contribution in [3.63, 3.8) is 0 Å². The molecule has 45 heavy (non-hydrogen) atoms. The first-order valence-electron chi connectivity index (χ1n) is 14.4. The number of aliphatic imine (C=N–C) groups is 1. The van der Waals surface area contributed by atoms with Crippen LogP contribution in [-0.2, 0) is 29.0 Å². The van der Waals surface area contributed by atoms with Crippen LogP contribution < -0.4 is 10.1 Å². The summed E-state index contributed by atoms with van der Waals surface area (Å²) in [5.41, 5.74) is 10.7. The number of carbonyl (C=O) groups is 1. The molecular weight excluding hydrogens is 641 g/mol. The monoisotopic (exact) mass is 671 g/mol. The van der Waals surface area contributed by atoms with Crippen molar-refractivity contribution in [2.24, 2.45) is 10.1 Å². The van der Waals surface area contributed by atoms with Crippen molar-refractivity contribution in [3.05, 3.63) is 146 Å². The molecule has 0 aliphatic carbocycles. The van der Waals surface area contributed by atoms with Crippen LogP contribution in [0.3, 0.4) is 0 Å². The number of halogens is 2. The van der Waals surface area contributed by atoms with E-state index in [1.807, 2.05) is 48.5 Å². The molecule has 0 spiro atoms. The summed E-state index contributed by atoms with van der Waals surface area (Å²) in [4.78, 5) is 22.4. The molecule has 1 amide bonds. The summed E-state index contributed by atoms with van der Waals surface area (Å²) in [6.45, 7) is 0.402. The van der Waals surface area contributed by atoms with Crippen LogP contribution in [-0.4, -0.2) is 35.7 Å². The van der Waals surface area contributed by atoms with Gasteiger partial charge in [-0.3, -0.25) is 4.79 Å². The van der Waals surface area contributed by atoms with E-state index in [0.29, 0.717) is 41.0 Å². The largest absolute Gasteiger partial charge is 0.494 e. The van der Waals surface area contributed by atoms with Gasteiger partial charge in [0.2, 0.25) is 5.90 Å². The number of nitrogens with zero attached hydrogens (tertiary/aromatic N) is 4. The molecule has 4 aromatic rings. The molecule has 0 saturated heterocycles. The third-order valence-corrected chi connectivity index (χ3v) is 7.98. The predicted octanol–water partition coefficient (Wildman–Crippen LogP) is 6.98. The zero-order chi connectivity index (χ0) is 31.6. The molecule has 4 aromatic carbocycles. The lowest BCUT2D eigenvalue weighted by Gasteiger charge is -2.32. The van der Waals surface area contributed by atoms with Gasteiger partial charge in [-0.05, 0) is 64.7 Å². The summed E-state index contributed by atoms with van der Waals surface area (Å²) in [7, 11) is 0. The van der Waals surface area contributed by atoms with Crippen LogP contribution >= 0.6 is 15.9 Å². The van der Waals surface area contributed by atoms with Gasteiger partial charge in [0, 0.05) is 46.5 Å². The fourth-order valence-corrected chi connectivity index (χ4v) is 5.45. The molecule has 0 radical (unpaired) electrons. The molecule has 0 bridgehead atoms. The summed E-state index contributed by atoms with van der Waals surface area (Å²) in [6.07, 6.45) is -0.243. The van der Waals surface area contributed by atoms with Crippen molar-refractivity contribution >= 4 is 27.7 Å². The van der Waals surface area contributed by atoms with Crippen LogP contribution in [0.4, 0.5) is 4.39 Å². The van der Waals surface area contributed by atoms with Crippen LogP contribution in [0, 0.1) is 5.82 Å². The maximum absolute atomic E-state index is 14.6. The van der Waals surface area contributed by atoms with Gasteiger partial charge < -0.3 is 19.9 Å². The second-order valence-corrected chi connectivity index (χ2v) is 11.4. The van der Waals surface area contributed by atoms with Crippen molar-refractivity contribution in [2.45, 2.75) is 37.6 Å². The Kier molecular flexibility index (Phi) is 10.5. The van der Waals surface area contributed by atoms with Gasteiger partial charge in [0.05, 0.1) is 13.2 Å². The lowest BCUT2D eigenvalue weighted by atomic mass is 9.80. The number of carbonyl (C=O) groups excluding carboxylic acids is 1. The molecular formula is C34H31BrFN5O4. The zero-order valence-electron chi connectivity index (χ0n) is 24.3. The highest BCUT2D eigenvalue weighted by atomic mass is 79.9. The lowest BCUT2D eigenvalue weighted by molar-refractivity contribution is -0.129. The second kappa shape index (κ2) is 14.9. The smallest absolute Gasteiger partial charge is 0.252 e. The molecule has 230 valence electrons. The molecule has 0 fully saturated rings. The Labute approximate surface area is 268 Å². The van der Waals surface area contributed by atoms with Crippen molar-refractivity contribution in [1.82, 2.24) is 5.32 Å². The van der Waals surface area contributed by atoms with Gasteiger partial charge in [-0.25, -0.2) is 9.38 Å². The predicted molar refractivity (Wildman–Crippen MR) is 172 cm³/mol. The normalized spacial score (nSPS) is 17.1. The number of amides is 1. The highest BCUT2D eigenvalue weighted by Crippen LogP contribution is 2.44. The second-order valence-electron chi connectivity index (χ2n) is 10.5. The minimum Gasteiger partial charge on any atom is -0.494 e. The standard InChI is InChI=1S/C34H31BrFN5O4/c35-27-14-10-23(11-15-27)20-34(33(43)38-21-26-7-2-4-9-30(26)36)31(29-8-3-1-6-25(29)22-39-41-37)45-32(40-34)24-12-16-28(17-13-24)44-19-5-18-42/h1-4,6-17,31,42H,5,18-22H2,(H,38,43)/t31-,34-/m1/s1. The highest BCUT2D eigenvalue weighted by molar-refractivity contribution is 9.10. The van der Waals surface area contributed by atoms with Gasteiger partial charge in [0.1, 0.15) is 11.6 Å². The van der Waals surface area contributed by atoms with E-state index < -0.39 is 23.4 Å². The van der Waals surface area contributed by atoms with Crippen molar-refractivity contribution in [1.29, 1.82) is 0 Å². The van der Waals surface area contributed by atoms with E-state index in [4.69, 9.17) is 25.1 Å². The molecule has 2 atom stereocenters. The van der Waals surface area contributed by atoms with Gasteiger partial charge in [-0.15, -0.1) is 0 Å². The van der Waals surface area contributed by atoms with Crippen molar-refractivity contribution < 1.29 is 23.8 Å². The van der Waals surface area contributed by atoms with Gasteiger partial charge in [0.15, 0.2) is 11.6 Å². The molecule has 1 aliphatic rings. The quantitative estimate of drug-likeness (QED) is 0.0688. The molecule has 5 rings (SSSR count). The van der Waals surface area contributed by atoms with E-state index in [2.05, 4.69) is 31.3 Å². The van der Waals surface area contributed by atoms with Crippen LogP contribution in [0.1, 0.15) is 40.3 Å². The Morgan fingerprint density at radius 1 is 1.04 bits per heavy atom. The molecule has 0 aromatic heterocycles. The number of nitrogens with one attached hydrogen (secondary N) is 1. The summed E-state index contributed by atoms with van der Waals surface area (Å²) >= 11 is 3.48. The van der Waals surface area contributed by atoms with E-state index in [9.17, 15) is 9.18 Å². The maximum atomic E-state index is 14.6. The fourth-order valence-electron chi connectivity index (χ4n) is 5.18. The minimum absolute atomic E-state index is 0.0324. The van der Waals surface area contributed by atoms with Crippen LogP contribution in [0.25, 0.3) is 10.4 Å². The topological polar surface area (TPSA) is 129 Å². The molecule has 0 saturated carbocycles. The van der Waals surface area contributed by atoms with Gasteiger partial charge in [-0.2, -0.15) is 0 Å². The molecule has 0 unspecified atom stereocenters. The summed E-state index contributed by atoms with van der Waals surface area (Å²) in [5.74, 6) is -0.00939. The Morgan fingerprint density at radius 2 is 1.76 bits per heavy atom. The average Bonchev–Trinajstić information content (AvgIpc) is 3.45. The number of rotatable bonds is 13. The van der Waals surface area contributed by atoms with Gasteiger partial charge in [-0.1, -0.05) is 75.6 Å². The highest BCUT2D eigenvalue weighted by Gasteiger charge is 2.53. The molecule has 11 heteroatoms. The molecule has 2 N–H and O–H groups in total. The first-order chi connectivity index (χ1) is 21.9. The zero-order valence-corrected chi connectivity index (χ0v) is 25.9. The molecule has 1 aliphatic heterocycles. The van der Waals surface area contributed by atoms with E-state index in [-0.39, 0.29) is 32.0 Å². The Morgan fingerprint density at radius 3 is 2.47 bits per heavy atom. The van der Waals surface area contributed by atoms with Crippen molar-refractivity contribution in [3.8, 4) is 5.75 Å².